The molecule has 1 heterocycles. The van der Waals surface area contributed by atoms with Gasteiger partial charge in [0.1, 0.15) is 0 Å². The summed E-state index contributed by atoms with van der Waals surface area (Å²) in [6.45, 7) is 0. The van der Waals surface area contributed by atoms with Crippen LogP contribution >= 0.6 is 0 Å². The Morgan fingerprint density at radius 2 is 2.10 bits per heavy atom. The molecule has 1 aliphatic carbocycles. The number of anilines is 1. The van der Waals surface area contributed by atoms with Crippen molar-refractivity contribution in [1.82, 2.24) is 4.98 Å². The number of benzene rings is 1. The van der Waals surface area contributed by atoms with Gasteiger partial charge in [0, 0.05) is 24.5 Å². The molecule has 0 radical (unpaired) electrons. The normalized spacial score (nSPS) is 13.0. The van der Waals surface area contributed by atoms with E-state index >= 15 is 0 Å². The monoisotopic (exact) mass is 266 g/mol. The van der Waals surface area contributed by atoms with E-state index in [0.29, 0.717) is 6.42 Å². The molecule has 3 rings (SSSR count). The highest BCUT2D eigenvalue weighted by atomic mass is 16.1. The lowest BCUT2D eigenvalue weighted by Gasteiger charge is -2.07. The Kier molecular flexibility index (Phi) is 3.77. The number of rotatable bonds is 4. The van der Waals surface area contributed by atoms with Gasteiger partial charge < -0.3 is 5.32 Å². The number of amides is 1. The third kappa shape index (κ3) is 3.05. The molecule has 1 aliphatic rings. The number of carbonyl (C=O) groups excluding carboxylic acids is 1. The first kappa shape index (κ1) is 12.9. The summed E-state index contributed by atoms with van der Waals surface area (Å²) in [6.07, 6.45) is 8.30. The van der Waals surface area contributed by atoms with Gasteiger partial charge in [-0.05, 0) is 60.6 Å². The standard InChI is InChI=1S/C17H18N2O/c20-17(9-6-13-3-2-10-18-12-13)19-16-8-7-14-4-1-5-15(14)11-16/h2-3,7-8,10-12H,1,4-6,9H2,(H,19,20). The van der Waals surface area contributed by atoms with E-state index in [2.05, 4.69) is 22.4 Å². The van der Waals surface area contributed by atoms with Crippen LogP contribution in [0.1, 0.15) is 29.5 Å². The number of nitrogens with zero attached hydrogens (tertiary/aromatic N) is 1. The number of hydrogen-bond acceptors (Lipinski definition) is 2. The van der Waals surface area contributed by atoms with Crippen molar-refractivity contribution < 1.29 is 4.79 Å². The predicted molar refractivity (Wildman–Crippen MR) is 79.7 cm³/mol. The van der Waals surface area contributed by atoms with Gasteiger partial charge in [0.2, 0.25) is 5.91 Å². The summed E-state index contributed by atoms with van der Waals surface area (Å²) in [5, 5.41) is 2.98. The van der Waals surface area contributed by atoms with E-state index in [1.807, 2.05) is 24.4 Å². The molecule has 1 amide bonds. The van der Waals surface area contributed by atoms with Crippen molar-refractivity contribution >= 4 is 11.6 Å². The predicted octanol–water partition coefficient (Wildman–Crippen LogP) is 3.14. The molecule has 0 unspecified atom stereocenters. The first-order valence-corrected chi connectivity index (χ1v) is 7.12. The van der Waals surface area contributed by atoms with Crippen LogP contribution in [0.15, 0.2) is 42.7 Å². The zero-order valence-corrected chi connectivity index (χ0v) is 11.4. The molecule has 0 aliphatic heterocycles. The number of fused-ring (bicyclic) bond motifs is 1. The van der Waals surface area contributed by atoms with Crippen molar-refractivity contribution in [2.24, 2.45) is 0 Å². The van der Waals surface area contributed by atoms with Crippen LogP contribution in [0.3, 0.4) is 0 Å². The van der Waals surface area contributed by atoms with E-state index < -0.39 is 0 Å². The van der Waals surface area contributed by atoms with E-state index in [9.17, 15) is 4.79 Å². The highest BCUT2D eigenvalue weighted by molar-refractivity contribution is 5.91. The molecule has 0 spiro atoms. The number of nitrogens with one attached hydrogen (secondary N) is 1. The Balaban J connectivity index is 1.56. The summed E-state index contributed by atoms with van der Waals surface area (Å²) in [6, 6.07) is 10.2. The fourth-order valence-corrected chi connectivity index (χ4v) is 2.68. The molecule has 1 aromatic carbocycles. The van der Waals surface area contributed by atoms with Crippen LogP contribution in [-0.2, 0) is 24.1 Å². The van der Waals surface area contributed by atoms with E-state index in [4.69, 9.17) is 0 Å². The van der Waals surface area contributed by atoms with Gasteiger partial charge in [0.15, 0.2) is 0 Å². The lowest BCUT2D eigenvalue weighted by atomic mass is 10.1. The van der Waals surface area contributed by atoms with Gasteiger partial charge in [-0.15, -0.1) is 0 Å². The summed E-state index contributed by atoms with van der Waals surface area (Å²) in [4.78, 5) is 16.0. The number of pyridine rings is 1. The molecule has 0 fully saturated rings. The Labute approximate surface area is 119 Å². The van der Waals surface area contributed by atoms with Gasteiger partial charge in [-0.2, -0.15) is 0 Å². The Bertz CT molecular complexity index is 608. The average molecular weight is 266 g/mol. The van der Waals surface area contributed by atoms with Crippen molar-refractivity contribution in [1.29, 1.82) is 0 Å². The molecule has 1 aromatic heterocycles. The van der Waals surface area contributed by atoms with Crippen molar-refractivity contribution in [3.05, 3.63) is 59.4 Å². The van der Waals surface area contributed by atoms with Crippen LogP contribution in [0.4, 0.5) is 5.69 Å². The SMILES string of the molecule is O=C(CCc1cccnc1)Nc1ccc2c(c1)CCC2. The fraction of sp³-hybridized carbons (Fsp3) is 0.294. The Morgan fingerprint density at radius 3 is 2.95 bits per heavy atom. The summed E-state index contributed by atoms with van der Waals surface area (Å²) in [5.74, 6) is 0.0619. The van der Waals surface area contributed by atoms with Gasteiger partial charge in [-0.1, -0.05) is 12.1 Å². The number of hydrogen-bond donors (Lipinski definition) is 1. The Morgan fingerprint density at radius 1 is 1.20 bits per heavy atom. The first-order valence-electron chi connectivity index (χ1n) is 7.12. The molecule has 3 heteroatoms. The lowest BCUT2D eigenvalue weighted by molar-refractivity contribution is -0.116. The maximum absolute atomic E-state index is 12.0. The zero-order valence-electron chi connectivity index (χ0n) is 11.4. The van der Waals surface area contributed by atoms with Crippen molar-refractivity contribution in [3.63, 3.8) is 0 Å². The van der Waals surface area contributed by atoms with Gasteiger partial charge in [0.05, 0.1) is 0 Å². The molecule has 0 saturated heterocycles. The number of aryl methyl sites for hydroxylation is 3. The maximum atomic E-state index is 12.0. The van der Waals surface area contributed by atoms with Crippen LogP contribution in [0.25, 0.3) is 0 Å². The molecule has 0 bridgehead atoms. The highest BCUT2D eigenvalue weighted by Gasteiger charge is 2.11. The largest absolute Gasteiger partial charge is 0.326 e. The maximum Gasteiger partial charge on any atom is 0.224 e. The fourth-order valence-electron chi connectivity index (χ4n) is 2.68. The molecule has 1 N–H and O–H groups in total. The van der Waals surface area contributed by atoms with Gasteiger partial charge in [-0.3, -0.25) is 9.78 Å². The molecule has 0 atom stereocenters. The molecular formula is C17H18N2O. The molecule has 102 valence electrons. The third-order valence-electron chi connectivity index (χ3n) is 3.75. The van der Waals surface area contributed by atoms with Crippen LogP contribution in [0.5, 0.6) is 0 Å². The van der Waals surface area contributed by atoms with E-state index in [1.54, 1.807) is 6.20 Å². The third-order valence-corrected chi connectivity index (χ3v) is 3.75. The molecule has 20 heavy (non-hydrogen) atoms. The quantitative estimate of drug-likeness (QED) is 0.923. The Hall–Kier alpha value is -2.16. The first-order chi connectivity index (χ1) is 9.81. The number of aromatic nitrogens is 1. The summed E-state index contributed by atoms with van der Waals surface area (Å²) < 4.78 is 0. The minimum Gasteiger partial charge on any atom is -0.326 e. The second kappa shape index (κ2) is 5.87. The van der Waals surface area contributed by atoms with Crippen molar-refractivity contribution in [3.8, 4) is 0 Å². The molecule has 0 saturated carbocycles. The molecular weight excluding hydrogens is 248 g/mol. The van der Waals surface area contributed by atoms with Crippen LogP contribution < -0.4 is 5.32 Å². The van der Waals surface area contributed by atoms with E-state index in [-0.39, 0.29) is 5.91 Å². The summed E-state index contributed by atoms with van der Waals surface area (Å²) >= 11 is 0. The van der Waals surface area contributed by atoms with E-state index in [0.717, 1.165) is 24.1 Å². The summed E-state index contributed by atoms with van der Waals surface area (Å²) in [7, 11) is 0. The van der Waals surface area contributed by atoms with Crippen LogP contribution in [0, 0.1) is 0 Å². The van der Waals surface area contributed by atoms with Gasteiger partial charge in [-0.25, -0.2) is 0 Å². The van der Waals surface area contributed by atoms with Crippen molar-refractivity contribution in [2.75, 3.05) is 5.32 Å². The minimum atomic E-state index is 0.0619. The molecule has 2 aromatic rings. The lowest BCUT2D eigenvalue weighted by Crippen LogP contribution is -2.12. The topological polar surface area (TPSA) is 42.0 Å². The van der Waals surface area contributed by atoms with Gasteiger partial charge in [0.25, 0.3) is 0 Å². The zero-order chi connectivity index (χ0) is 13.8. The van der Waals surface area contributed by atoms with Crippen LogP contribution in [0.2, 0.25) is 0 Å². The average Bonchev–Trinajstić information content (AvgIpc) is 2.94. The van der Waals surface area contributed by atoms with Crippen molar-refractivity contribution in [2.45, 2.75) is 32.1 Å². The smallest absolute Gasteiger partial charge is 0.224 e. The number of carbonyl (C=O) groups is 1. The van der Waals surface area contributed by atoms with Crippen LogP contribution in [-0.4, -0.2) is 10.9 Å². The second-order valence-corrected chi connectivity index (χ2v) is 5.25. The van der Waals surface area contributed by atoms with Gasteiger partial charge >= 0.3 is 0 Å². The highest BCUT2D eigenvalue weighted by Crippen LogP contribution is 2.24. The minimum absolute atomic E-state index is 0.0619. The summed E-state index contributed by atoms with van der Waals surface area (Å²) in [5.41, 5.74) is 4.83. The second-order valence-electron chi connectivity index (χ2n) is 5.25. The molecule has 3 nitrogen and oxygen atoms in total. The van der Waals surface area contributed by atoms with E-state index in [1.165, 1.54) is 24.0 Å².